The third kappa shape index (κ3) is 1.96. The van der Waals surface area contributed by atoms with Gasteiger partial charge in [-0.15, -0.1) is 0 Å². The van der Waals surface area contributed by atoms with Gasteiger partial charge in [0.05, 0.1) is 0 Å². The molecular formula is C13H16BrN. The van der Waals surface area contributed by atoms with Gasteiger partial charge in [0, 0.05) is 26.5 Å². The molecule has 2 rings (SSSR count). The molecule has 0 fully saturated rings. The van der Waals surface area contributed by atoms with E-state index >= 15 is 0 Å². The zero-order valence-electron chi connectivity index (χ0n) is 9.61. The van der Waals surface area contributed by atoms with Gasteiger partial charge in [-0.3, -0.25) is 0 Å². The van der Waals surface area contributed by atoms with Crippen LogP contribution in [0.3, 0.4) is 0 Å². The van der Waals surface area contributed by atoms with Crippen molar-refractivity contribution in [1.82, 2.24) is 4.98 Å². The Labute approximate surface area is 99.0 Å². The molecule has 0 unspecified atom stereocenters. The molecule has 0 aliphatic rings. The molecule has 1 aromatic carbocycles. The van der Waals surface area contributed by atoms with Crippen molar-refractivity contribution in [3.63, 3.8) is 0 Å². The second-order valence-electron chi connectivity index (χ2n) is 5.12. The lowest BCUT2D eigenvalue weighted by Crippen LogP contribution is -2.10. The average molecular weight is 266 g/mol. The molecule has 1 aromatic heterocycles. The average Bonchev–Trinajstić information content (AvgIpc) is 2.47. The quantitative estimate of drug-likeness (QED) is 0.720. The van der Waals surface area contributed by atoms with Crippen LogP contribution in [0.4, 0.5) is 0 Å². The number of aromatic amines is 1. The van der Waals surface area contributed by atoms with E-state index in [1.54, 1.807) is 0 Å². The van der Waals surface area contributed by atoms with Crippen LogP contribution in [0.15, 0.2) is 22.7 Å². The van der Waals surface area contributed by atoms with Crippen LogP contribution in [-0.4, -0.2) is 4.98 Å². The van der Waals surface area contributed by atoms with Gasteiger partial charge in [-0.2, -0.15) is 0 Å². The van der Waals surface area contributed by atoms with Crippen LogP contribution in [0.1, 0.15) is 32.0 Å². The van der Waals surface area contributed by atoms with E-state index in [1.165, 1.54) is 26.6 Å². The van der Waals surface area contributed by atoms with Crippen LogP contribution in [0.25, 0.3) is 10.9 Å². The summed E-state index contributed by atoms with van der Waals surface area (Å²) < 4.78 is 1.18. The Morgan fingerprint density at radius 2 is 1.80 bits per heavy atom. The lowest BCUT2D eigenvalue weighted by atomic mass is 9.92. The van der Waals surface area contributed by atoms with Crippen LogP contribution in [-0.2, 0) is 5.41 Å². The first kappa shape index (κ1) is 10.7. The highest BCUT2D eigenvalue weighted by Crippen LogP contribution is 2.29. The fraction of sp³-hybridized carbons (Fsp3) is 0.385. The van der Waals surface area contributed by atoms with Crippen LogP contribution in [0.2, 0.25) is 0 Å². The minimum atomic E-state index is 0.180. The lowest BCUT2D eigenvalue weighted by molar-refractivity contribution is 0.574. The number of aryl methyl sites for hydroxylation is 1. The first-order chi connectivity index (χ1) is 6.88. The minimum absolute atomic E-state index is 0.180. The summed E-state index contributed by atoms with van der Waals surface area (Å²) in [6, 6.07) is 6.60. The predicted molar refractivity (Wildman–Crippen MR) is 69.4 cm³/mol. The van der Waals surface area contributed by atoms with E-state index in [2.05, 4.69) is 66.8 Å². The summed E-state index contributed by atoms with van der Waals surface area (Å²) in [5.74, 6) is 0. The summed E-state index contributed by atoms with van der Waals surface area (Å²) in [4.78, 5) is 3.48. The SMILES string of the molecule is Cc1cc2[nH]c(C(C)(C)C)cc2cc1Br. The topological polar surface area (TPSA) is 15.8 Å². The summed E-state index contributed by atoms with van der Waals surface area (Å²) >= 11 is 3.56. The molecule has 0 spiro atoms. The maximum Gasteiger partial charge on any atom is 0.0459 e. The molecule has 15 heavy (non-hydrogen) atoms. The Hall–Kier alpha value is -0.760. The van der Waals surface area contributed by atoms with Crippen molar-refractivity contribution in [1.29, 1.82) is 0 Å². The van der Waals surface area contributed by atoms with Crippen molar-refractivity contribution >= 4 is 26.8 Å². The molecule has 1 heterocycles. The van der Waals surface area contributed by atoms with Gasteiger partial charge in [-0.05, 0) is 30.7 Å². The number of rotatable bonds is 0. The molecular weight excluding hydrogens is 250 g/mol. The first-order valence-electron chi connectivity index (χ1n) is 5.17. The largest absolute Gasteiger partial charge is 0.358 e. The second kappa shape index (κ2) is 3.38. The monoisotopic (exact) mass is 265 g/mol. The number of benzene rings is 1. The number of hydrogen-bond donors (Lipinski definition) is 1. The highest BCUT2D eigenvalue weighted by atomic mass is 79.9. The molecule has 0 saturated heterocycles. The maximum absolute atomic E-state index is 3.56. The Balaban J connectivity index is 2.66. The molecule has 1 N–H and O–H groups in total. The summed E-state index contributed by atoms with van der Waals surface area (Å²) in [5.41, 5.74) is 3.96. The van der Waals surface area contributed by atoms with E-state index in [4.69, 9.17) is 0 Å². The fourth-order valence-corrected chi connectivity index (χ4v) is 2.03. The van der Waals surface area contributed by atoms with E-state index in [0.717, 1.165) is 0 Å². The van der Waals surface area contributed by atoms with Crippen molar-refractivity contribution in [3.8, 4) is 0 Å². The van der Waals surface area contributed by atoms with Crippen LogP contribution < -0.4 is 0 Å². The number of H-pyrrole nitrogens is 1. The number of aromatic nitrogens is 1. The summed E-state index contributed by atoms with van der Waals surface area (Å²) in [6.07, 6.45) is 0. The van der Waals surface area contributed by atoms with Crippen molar-refractivity contribution in [2.75, 3.05) is 0 Å². The maximum atomic E-state index is 3.56. The van der Waals surface area contributed by atoms with Gasteiger partial charge in [0.15, 0.2) is 0 Å². The van der Waals surface area contributed by atoms with Crippen molar-refractivity contribution in [2.24, 2.45) is 0 Å². The van der Waals surface area contributed by atoms with E-state index in [9.17, 15) is 0 Å². The fourth-order valence-electron chi connectivity index (χ4n) is 1.67. The third-order valence-corrected chi connectivity index (χ3v) is 3.56. The van der Waals surface area contributed by atoms with Crippen LogP contribution in [0.5, 0.6) is 0 Å². The van der Waals surface area contributed by atoms with Crippen LogP contribution >= 0.6 is 15.9 Å². The summed E-state index contributed by atoms with van der Waals surface area (Å²) in [7, 11) is 0. The van der Waals surface area contributed by atoms with E-state index in [-0.39, 0.29) is 5.41 Å². The zero-order chi connectivity index (χ0) is 11.2. The van der Waals surface area contributed by atoms with Gasteiger partial charge in [0.2, 0.25) is 0 Å². The predicted octanol–water partition coefficient (Wildman–Crippen LogP) is 4.54. The van der Waals surface area contributed by atoms with Crippen LogP contribution in [0, 0.1) is 6.92 Å². The molecule has 0 aliphatic carbocycles. The highest BCUT2D eigenvalue weighted by molar-refractivity contribution is 9.10. The Kier molecular flexibility index (Phi) is 2.42. The zero-order valence-corrected chi connectivity index (χ0v) is 11.2. The van der Waals surface area contributed by atoms with Gasteiger partial charge in [0.25, 0.3) is 0 Å². The summed E-state index contributed by atoms with van der Waals surface area (Å²) in [5, 5.41) is 1.28. The van der Waals surface area contributed by atoms with Gasteiger partial charge in [0.1, 0.15) is 0 Å². The number of hydrogen-bond acceptors (Lipinski definition) is 0. The first-order valence-corrected chi connectivity index (χ1v) is 5.96. The summed E-state index contributed by atoms with van der Waals surface area (Å²) in [6.45, 7) is 8.78. The molecule has 0 bridgehead atoms. The molecule has 80 valence electrons. The highest BCUT2D eigenvalue weighted by Gasteiger charge is 2.16. The normalized spacial score (nSPS) is 12.3. The number of halogens is 1. The van der Waals surface area contributed by atoms with E-state index < -0.39 is 0 Å². The smallest absolute Gasteiger partial charge is 0.0459 e. The Bertz CT molecular complexity index is 464. The van der Waals surface area contributed by atoms with Gasteiger partial charge in [-0.1, -0.05) is 36.7 Å². The van der Waals surface area contributed by atoms with Gasteiger partial charge < -0.3 is 4.98 Å². The Morgan fingerprint density at radius 1 is 1.13 bits per heavy atom. The molecule has 2 heteroatoms. The minimum Gasteiger partial charge on any atom is -0.358 e. The van der Waals surface area contributed by atoms with E-state index in [1.807, 2.05) is 0 Å². The molecule has 0 radical (unpaired) electrons. The Morgan fingerprint density at radius 3 is 2.40 bits per heavy atom. The standard InChI is InChI=1S/C13H16BrN/c1-8-5-11-9(6-10(8)14)7-12(15-11)13(2,3)4/h5-7,15H,1-4H3. The van der Waals surface area contributed by atoms with Gasteiger partial charge >= 0.3 is 0 Å². The third-order valence-electron chi connectivity index (χ3n) is 2.71. The lowest BCUT2D eigenvalue weighted by Gasteiger charge is -2.15. The second-order valence-corrected chi connectivity index (χ2v) is 5.98. The number of fused-ring (bicyclic) bond motifs is 1. The number of nitrogens with one attached hydrogen (secondary N) is 1. The molecule has 0 atom stereocenters. The van der Waals surface area contributed by atoms with Crippen molar-refractivity contribution in [2.45, 2.75) is 33.1 Å². The van der Waals surface area contributed by atoms with Gasteiger partial charge in [-0.25, -0.2) is 0 Å². The molecule has 1 nitrogen and oxygen atoms in total. The van der Waals surface area contributed by atoms with Crippen molar-refractivity contribution < 1.29 is 0 Å². The molecule has 2 aromatic rings. The molecule has 0 saturated carbocycles. The molecule has 0 aliphatic heterocycles. The molecule has 0 amide bonds. The van der Waals surface area contributed by atoms with Crippen molar-refractivity contribution in [3.05, 3.63) is 33.9 Å². The van der Waals surface area contributed by atoms with E-state index in [0.29, 0.717) is 0 Å².